The van der Waals surface area contributed by atoms with Gasteiger partial charge in [0, 0.05) is 17.7 Å². The van der Waals surface area contributed by atoms with E-state index in [1.165, 1.54) is 36.4 Å². The first-order valence-electron chi connectivity index (χ1n) is 11.0. The highest BCUT2D eigenvalue weighted by molar-refractivity contribution is 7.57. The maximum atomic E-state index is 12.6. The summed E-state index contributed by atoms with van der Waals surface area (Å²) in [6.07, 6.45) is 1.31. The lowest BCUT2D eigenvalue weighted by Gasteiger charge is -2.34. The lowest BCUT2D eigenvalue weighted by Crippen LogP contribution is -2.71. The van der Waals surface area contributed by atoms with Gasteiger partial charge in [-0.2, -0.15) is 0 Å². The zero-order valence-electron chi connectivity index (χ0n) is 19.8. The van der Waals surface area contributed by atoms with Crippen LogP contribution >= 0.6 is 7.59 Å². The van der Waals surface area contributed by atoms with E-state index in [0.717, 1.165) is 28.9 Å². The Kier molecular flexibility index (Phi) is 9.40. The lowest BCUT2D eigenvalue weighted by molar-refractivity contribution is -0.187. The number of piperidine rings is 1. The first-order chi connectivity index (χ1) is 17.6. The molecule has 0 bridgehead atoms. The molecule has 1 fully saturated rings. The third-order valence-corrected chi connectivity index (χ3v) is 6.86. The monoisotopic (exact) mass is 550 g/mol. The maximum absolute atomic E-state index is 12.6. The number of aliphatic carboxylic acids is 2. The van der Waals surface area contributed by atoms with Crippen molar-refractivity contribution < 1.29 is 49.0 Å². The van der Waals surface area contributed by atoms with Crippen molar-refractivity contribution in [2.45, 2.75) is 30.1 Å². The van der Waals surface area contributed by atoms with Gasteiger partial charge in [-0.15, -0.1) is 0 Å². The first-order valence-corrected chi connectivity index (χ1v) is 12.8. The van der Waals surface area contributed by atoms with Crippen molar-refractivity contribution in [2.75, 3.05) is 6.54 Å². The van der Waals surface area contributed by atoms with Crippen LogP contribution in [-0.2, 0) is 18.9 Å². The van der Waals surface area contributed by atoms with Gasteiger partial charge in [-0.05, 0) is 12.8 Å². The smallest absolute Gasteiger partial charge is 0.348 e. The van der Waals surface area contributed by atoms with Crippen LogP contribution in [0.25, 0.3) is 0 Å². The summed E-state index contributed by atoms with van der Waals surface area (Å²) in [7, 11) is -3.43. The molecule has 15 heteroatoms. The molecular weight excluding hydrogens is 523 g/mol. The summed E-state index contributed by atoms with van der Waals surface area (Å²) < 4.78 is 12.1. The zero-order valence-corrected chi connectivity index (χ0v) is 20.7. The number of amides is 1. The predicted molar refractivity (Wildman–Crippen MR) is 132 cm³/mol. The molecule has 2 aromatic carbocycles. The Hall–Kier alpha value is -3.78. The molecule has 38 heavy (non-hydrogen) atoms. The van der Waals surface area contributed by atoms with Crippen molar-refractivity contribution in [3.63, 3.8) is 0 Å². The molecule has 14 nitrogen and oxygen atoms in total. The number of carbonyl (C=O) groups is 5. The average Bonchev–Trinajstić information content (AvgIpc) is 2.88. The Labute approximate surface area is 216 Å². The van der Waals surface area contributed by atoms with E-state index in [0.29, 0.717) is 19.4 Å². The van der Waals surface area contributed by atoms with Crippen LogP contribution in [0.5, 0.6) is 0 Å². The van der Waals surface area contributed by atoms with Gasteiger partial charge in [0.2, 0.25) is 17.5 Å². The van der Waals surface area contributed by atoms with Crippen LogP contribution < -0.4 is 16.7 Å². The molecule has 0 aliphatic carbocycles. The second-order valence-corrected chi connectivity index (χ2v) is 10.1. The second-order valence-electron chi connectivity index (χ2n) is 8.30. The third-order valence-electron chi connectivity index (χ3n) is 5.71. The summed E-state index contributed by atoms with van der Waals surface area (Å²) in [6, 6.07) is 12.2. The number of carbonyl (C=O) groups excluding carboxylic acids is 3. The van der Waals surface area contributed by atoms with E-state index in [2.05, 4.69) is 0 Å². The van der Waals surface area contributed by atoms with Crippen LogP contribution in [-0.4, -0.2) is 78.3 Å². The highest BCUT2D eigenvalue weighted by atomic mass is 31.2. The molecule has 3 atom stereocenters. The van der Waals surface area contributed by atoms with Gasteiger partial charge in [0.05, 0.1) is 6.04 Å². The van der Waals surface area contributed by atoms with Crippen molar-refractivity contribution in [1.82, 2.24) is 4.67 Å². The molecule has 0 spiro atoms. The van der Waals surface area contributed by atoms with Gasteiger partial charge in [0.25, 0.3) is 11.2 Å². The number of nitrogens with zero attached hydrogens (tertiary/aromatic N) is 1. The minimum Gasteiger partial charge on any atom is -0.479 e. The van der Waals surface area contributed by atoms with Crippen LogP contribution in [0.1, 0.15) is 33.6 Å². The molecule has 3 rings (SSSR count). The molecule has 1 aliphatic rings. The molecule has 1 aliphatic heterocycles. The number of rotatable bonds is 8. The molecule has 204 valence electrons. The van der Waals surface area contributed by atoms with Crippen molar-refractivity contribution in [2.24, 2.45) is 16.7 Å². The van der Waals surface area contributed by atoms with E-state index in [4.69, 9.17) is 16.7 Å². The Morgan fingerprint density at radius 2 is 1.18 bits per heavy atom. The van der Waals surface area contributed by atoms with Crippen LogP contribution in [0.2, 0.25) is 0 Å². The minimum atomic E-state index is -3.95. The number of ketones is 2. The van der Waals surface area contributed by atoms with Gasteiger partial charge >= 0.3 is 19.5 Å². The van der Waals surface area contributed by atoms with Gasteiger partial charge in [0.15, 0.2) is 0 Å². The standard InChI is InChI=1S/C18H14O8.C5H13N4O2P/c19-13(11-7-3-1-4-8-11)17(25,15(21)22)18(26,16(23)24)14(20)12-9-5-2-6-10-12;6-4-2-1-3-9(5(4)10)12(7,8)11/h1-10,25-26H,(H,21,22)(H,23,24);4H,1-3,6H2,(H4,7,8,11)/t;4-/m.0/s1. The van der Waals surface area contributed by atoms with E-state index in [1.807, 2.05) is 0 Å². The van der Waals surface area contributed by atoms with Crippen molar-refractivity contribution in [3.05, 3.63) is 71.8 Å². The van der Waals surface area contributed by atoms with Crippen LogP contribution in [0.15, 0.2) is 60.7 Å². The lowest BCUT2D eigenvalue weighted by atomic mass is 9.73. The summed E-state index contributed by atoms with van der Waals surface area (Å²) in [5, 5.41) is 39.9. The Balaban J connectivity index is 0.000000352. The fourth-order valence-electron chi connectivity index (χ4n) is 3.63. The number of benzene rings is 2. The normalized spacial score (nSPS) is 18.7. The summed E-state index contributed by atoms with van der Waals surface area (Å²) in [6.45, 7) is 0.344. The minimum absolute atomic E-state index is 0.344. The third kappa shape index (κ3) is 5.86. The molecule has 0 aromatic heterocycles. The molecule has 2 aromatic rings. The van der Waals surface area contributed by atoms with E-state index in [-0.39, 0.29) is 0 Å². The molecular formula is C23H27N4O10P. The highest BCUT2D eigenvalue weighted by Gasteiger charge is 2.69. The van der Waals surface area contributed by atoms with Gasteiger partial charge in [-0.25, -0.2) is 9.59 Å². The van der Waals surface area contributed by atoms with Gasteiger partial charge < -0.3 is 26.2 Å². The molecule has 0 saturated carbocycles. The number of nitrogens with two attached hydrogens (primary N) is 3. The van der Waals surface area contributed by atoms with E-state index < -0.39 is 65.4 Å². The summed E-state index contributed by atoms with van der Waals surface area (Å²) in [5.41, 5.74) is 7.05. The number of aliphatic hydroxyl groups is 2. The summed E-state index contributed by atoms with van der Waals surface area (Å²) in [5.74, 6) is -8.43. The summed E-state index contributed by atoms with van der Waals surface area (Å²) >= 11 is 0. The summed E-state index contributed by atoms with van der Waals surface area (Å²) in [4.78, 5) is 59.8. The number of hydrogen-bond acceptors (Lipinski definition) is 9. The van der Waals surface area contributed by atoms with Crippen LogP contribution in [0, 0.1) is 0 Å². The van der Waals surface area contributed by atoms with Gasteiger partial charge in [-0.1, -0.05) is 60.7 Å². The number of carboxylic acid groups (broad SMARTS) is 2. The van der Waals surface area contributed by atoms with E-state index in [1.54, 1.807) is 0 Å². The van der Waals surface area contributed by atoms with Gasteiger partial charge in [-0.3, -0.25) is 34.6 Å². The van der Waals surface area contributed by atoms with Crippen molar-refractivity contribution in [3.8, 4) is 0 Å². The van der Waals surface area contributed by atoms with Crippen molar-refractivity contribution in [1.29, 1.82) is 0 Å². The number of Topliss-reactive ketones (excluding diaryl/α,β-unsaturated/α-hetero) is 2. The Morgan fingerprint density at radius 1 is 0.816 bits per heavy atom. The molecule has 1 amide bonds. The highest BCUT2D eigenvalue weighted by Crippen LogP contribution is 2.35. The topological polar surface area (TPSA) is 265 Å². The largest absolute Gasteiger partial charge is 0.479 e. The SMILES string of the molecule is N[C@H]1CCCN(P(N)(N)=O)C1=O.O=C(O)C(O)(C(=O)c1ccccc1)C(O)(C(=O)O)C(=O)c1ccccc1. The van der Waals surface area contributed by atoms with E-state index >= 15 is 0 Å². The number of hydrogen-bond donors (Lipinski definition) is 7. The quantitative estimate of drug-likeness (QED) is 0.122. The molecule has 1 saturated heterocycles. The zero-order chi connectivity index (χ0) is 28.9. The average molecular weight is 550 g/mol. The molecule has 10 N–H and O–H groups in total. The van der Waals surface area contributed by atoms with Crippen LogP contribution in [0.3, 0.4) is 0 Å². The fraction of sp³-hybridized carbons (Fsp3) is 0.261. The number of carboxylic acids is 2. The molecule has 2 unspecified atom stereocenters. The fourth-order valence-corrected chi connectivity index (χ4v) is 4.54. The van der Waals surface area contributed by atoms with E-state index in [9.17, 15) is 49.0 Å². The second kappa shape index (κ2) is 11.7. The Morgan fingerprint density at radius 3 is 1.47 bits per heavy atom. The first kappa shape index (κ1) is 30.4. The Bertz CT molecular complexity index is 1200. The van der Waals surface area contributed by atoms with Crippen molar-refractivity contribution >= 4 is 37.0 Å². The predicted octanol–water partition coefficient (Wildman–Crippen LogP) is -0.655. The molecule has 1 heterocycles. The maximum Gasteiger partial charge on any atom is 0.348 e. The van der Waals surface area contributed by atoms with Gasteiger partial charge in [0.1, 0.15) is 0 Å². The molecule has 0 radical (unpaired) electrons. The van der Waals surface area contributed by atoms with Crippen LogP contribution in [0.4, 0.5) is 0 Å².